The normalized spacial score (nSPS) is 18.3. The molecule has 3 rings (SSSR count). The van der Waals surface area contributed by atoms with Gasteiger partial charge >= 0.3 is 0 Å². The molecule has 1 saturated heterocycles. The molecule has 0 atom stereocenters. The monoisotopic (exact) mass is 446 g/mol. The fourth-order valence-corrected chi connectivity index (χ4v) is 3.01. The summed E-state index contributed by atoms with van der Waals surface area (Å²) < 4.78 is 13.0. The number of piperazine rings is 1. The van der Waals surface area contributed by atoms with Gasteiger partial charge in [0.15, 0.2) is 5.96 Å². The summed E-state index contributed by atoms with van der Waals surface area (Å²) in [5, 5.41) is 3.42. The number of aliphatic imine (C=N–C) groups is 1. The van der Waals surface area contributed by atoms with Gasteiger partial charge in [0.1, 0.15) is 5.82 Å². The number of anilines is 1. The van der Waals surface area contributed by atoms with Gasteiger partial charge in [0.05, 0.1) is 0 Å². The number of halogens is 2. The first-order chi connectivity index (χ1) is 11.3. The summed E-state index contributed by atoms with van der Waals surface area (Å²) in [7, 11) is 0. The van der Waals surface area contributed by atoms with Crippen LogP contribution in [0.5, 0.6) is 0 Å². The molecule has 0 unspecified atom stereocenters. The molecule has 0 spiro atoms. The average Bonchev–Trinajstić information content (AvgIpc) is 3.39. The molecule has 1 aromatic carbocycles. The zero-order valence-electron chi connectivity index (χ0n) is 14.4. The van der Waals surface area contributed by atoms with Crippen molar-refractivity contribution in [3.05, 3.63) is 30.1 Å². The molecule has 6 heteroatoms. The van der Waals surface area contributed by atoms with Crippen molar-refractivity contribution in [2.75, 3.05) is 44.2 Å². The van der Waals surface area contributed by atoms with Gasteiger partial charge in [0, 0.05) is 45.0 Å². The van der Waals surface area contributed by atoms with E-state index in [0.717, 1.165) is 56.8 Å². The van der Waals surface area contributed by atoms with Gasteiger partial charge in [-0.15, -0.1) is 24.0 Å². The minimum absolute atomic E-state index is 0. The number of rotatable bonds is 5. The Bertz CT molecular complexity index is 522. The maximum Gasteiger partial charge on any atom is 0.194 e. The Kier molecular flexibility index (Phi) is 7.58. The summed E-state index contributed by atoms with van der Waals surface area (Å²) in [6, 6.07) is 6.79. The molecule has 0 aromatic heterocycles. The summed E-state index contributed by atoms with van der Waals surface area (Å²) in [5.74, 6) is 1.80. The maximum absolute atomic E-state index is 13.0. The molecule has 1 N–H and O–H groups in total. The fraction of sp³-hybridized carbons (Fsp3) is 0.611. The van der Waals surface area contributed by atoms with E-state index in [9.17, 15) is 4.39 Å². The molecular weight excluding hydrogens is 418 g/mol. The Hall–Kier alpha value is -1.05. The predicted molar refractivity (Wildman–Crippen MR) is 109 cm³/mol. The van der Waals surface area contributed by atoms with Crippen LogP contribution in [0, 0.1) is 11.7 Å². The average molecular weight is 446 g/mol. The van der Waals surface area contributed by atoms with Crippen LogP contribution in [0.25, 0.3) is 0 Å². The van der Waals surface area contributed by atoms with Crippen LogP contribution >= 0.6 is 24.0 Å². The van der Waals surface area contributed by atoms with Gasteiger partial charge in [0.25, 0.3) is 0 Å². The van der Waals surface area contributed by atoms with Crippen LogP contribution in [0.15, 0.2) is 29.3 Å². The molecule has 1 saturated carbocycles. The Morgan fingerprint density at radius 3 is 2.42 bits per heavy atom. The van der Waals surface area contributed by atoms with Crippen LogP contribution in [0.1, 0.15) is 26.2 Å². The second-order valence-corrected chi connectivity index (χ2v) is 6.42. The van der Waals surface area contributed by atoms with Crippen LogP contribution in [-0.4, -0.2) is 50.1 Å². The van der Waals surface area contributed by atoms with Crippen molar-refractivity contribution in [2.24, 2.45) is 10.9 Å². The van der Waals surface area contributed by atoms with Gasteiger partial charge in [-0.3, -0.25) is 4.99 Å². The third kappa shape index (κ3) is 5.50. The number of guanidine groups is 1. The predicted octanol–water partition coefficient (Wildman–Crippen LogP) is 3.33. The van der Waals surface area contributed by atoms with E-state index < -0.39 is 0 Å². The topological polar surface area (TPSA) is 30.9 Å². The van der Waals surface area contributed by atoms with E-state index in [1.165, 1.54) is 31.4 Å². The van der Waals surface area contributed by atoms with Gasteiger partial charge in [-0.05, 0) is 43.5 Å². The second kappa shape index (κ2) is 9.44. The summed E-state index contributed by atoms with van der Waals surface area (Å²) in [5.41, 5.74) is 1.10. The number of hydrogen-bond acceptors (Lipinski definition) is 2. The summed E-state index contributed by atoms with van der Waals surface area (Å²) in [6.45, 7) is 7.74. The lowest BCUT2D eigenvalue weighted by atomic mass is 10.2. The molecule has 1 aromatic rings. The number of hydrogen-bond donors (Lipinski definition) is 1. The van der Waals surface area contributed by atoms with Crippen LogP contribution in [0.2, 0.25) is 0 Å². The molecule has 1 aliphatic heterocycles. The van der Waals surface area contributed by atoms with Crippen LogP contribution in [-0.2, 0) is 0 Å². The van der Waals surface area contributed by atoms with Gasteiger partial charge in [-0.1, -0.05) is 12.8 Å². The highest BCUT2D eigenvalue weighted by molar-refractivity contribution is 14.0. The minimum atomic E-state index is -0.176. The SMILES string of the molecule is CCNC(=NCCC1CC1)N1CCN(c2ccc(F)cc2)CC1.I. The van der Waals surface area contributed by atoms with Crippen molar-refractivity contribution in [1.82, 2.24) is 10.2 Å². The second-order valence-electron chi connectivity index (χ2n) is 6.42. The maximum atomic E-state index is 13.0. The largest absolute Gasteiger partial charge is 0.368 e. The van der Waals surface area contributed by atoms with E-state index in [1.54, 1.807) is 0 Å². The summed E-state index contributed by atoms with van der Waals surface area (Å²) in [6.07, 6.45) is 4.01. The number of benzene rings is 1. The molecule has 0 amide bonds. The zero-order chi connectivity index (χ0) is 16.1. The Balaban J connectivity index is 0.00000208. The van der Waals surface area contributed by atoms with Crippen molar-refractivity contribution in [2.45, 2.75) is 26.2 Å². The molecule has 4 nitrogen and oxygen atoms in total. The van der Waals surface area contributed by atoms with Crippen molar-refractivity contribution in [3.8, 4) is 0 Å². The third-order valence-electron chi connectivity index (χ3n) is 4.60. The highest BCUT2D eigenvalue weighted by Gasteiger charge is 2.22. The van der Waals surface area contributed by atoms with E-state index >= 15 is 0 Å². The van der Waals surface area contributed by atoms with E-state index in [1.807, 2.05) is 12.1 Å². The van der Waals surface area contributed by atoms with E-state index in [-0.39, 0.29) is 29.8 Å². The minimum Gasteiger partial charge on any atom is -0.368 e. The first-order valence-corrected chi connectivity index (χ1v) is 8.80. The van der Waals surface area contributed by atoms with Gasteiger partial charge < -0.3 is 15.1 Å². The lowest BCUT2D eigenvalue weighted by Gasteiger charge is -2.37. The molecule has 1 aliphatic carbocycles. The van der Waals surface area contributed by atoms with Crippen LogP contribution in [0.4, 0.5) is 10.1 Å². The summed E-state index contributed by atoms with van der Waals surface area (Å²) >= 11 is 0. The highest BCUT2D eigenvalue weighted by Crippen LogP contribution is 2.32. The van der Waals surface area contributed by atoms with Gasteiger partial charge in [0.2, 0.25) is 0 Å². The Morgan fingerprint density at radius 1 is 1.17 bits per heavy atom. The van der Waals surface area contributed by atoms with Crippen molar-refractivity contribution in [3.63, 3.8) is 0 Å². The van der Waals surface area contributed by atoms with Crippen LogP contribution in [0.3, 0.4) is 0 Å². The zero-order valence-corrected chi connectivity index (χ0v) is 16.7. The first-order valence-electron chi connectivity index (χ1n) is 8.80. The van der Waals surface area contributed by atoms with Crippen LogP contribution < -0.4 is 10.2 Å². The molecule has 134 valence electrons. The molecule has 24 heavy (non-hydrogen) atoms. The quantitative estimate of drug-likeness (QED) is 0.428. The van der Waals surface area contributed by atoms with Gasteiger partial charge in [-0.25, -0.2) is 4.39 Å². The first kappa shape index (κ1) is 19.3. The van der Waals surface area contributed by atoms with Crippen molar-refractivity contribution in [1.29, 1.82) is 0 Å². The van der Waals surface area contributed by atoms with Crippen molar-refractivity contribution < 1.29 is 4.39 Å². The Labute approximate surface area is 161 Å². The molecular formula is C18H28FIN4. The van der Waals surface area contributed by atoms with E-state index in [4.69, 9.17) is 4.99 Å². The molecule has 0 radical (unpaired) electrons. The summed E-state index contributed by atoms with van der Waals surface area (Å²) in [4.78, 5) is 9.44. The standard InChI is InChI=1S/C18H27FN4.HI/c1-2-20-18(21-10-9-15-3-4-15)23-13-11-22(12-14-23)17-7-5-16(19)6-8-17;/h5-8,15H,2-4,9-14H2,1H3,(H,20,21);1H. The Morgan fingerprint density at radius 2 is 1.83 bits per heavy atom. The molecule has 2 fully saturated rings. The van der Waals surface area contributed by atoms with Crippen molar-refractivity contribution >= 4 is 35.6 Å². The number of nitrogens with zero attached hydrogens (tertiary/aromatic N) is 3. The van der Waals surface area contributed by atoms with Gasteiger partial charge in [-0.2, -0.15) is 0 Å². The fourth-order valence-electron chi connectivity index (χ4n) is 3.01. The molecule has 0 bridgehead atoms. The number of nitrogens with one attached hydrogen (secondary N) is 1. The third-order valence-corrected chi connectivity index (χ3v) is 4.60. The highest BCUT2D eigenvalue weighted by atomic mass is 127. The molecule has 2 aliphatic rings. The lowest BCUT2D eigenvalue weighted by molar-refractivity contribution is 0.372. The lowest BCUT2D eigenvalue weighted by Crippen LogP contribution is -2.52. The van der Waals surface area contributed by atoms with E-state index in [2.05, 4.69) is 22.0 Å². The molecule has 1 heterocycles. The van der Waals surface area contributed by atoms with E-state index in [0.29, 0.717) is 0 Å². The smallest absolute Gasteiger partial charge is 0.194 e.